The molecule has 2 heterocycles. The van der Waals surface area contributed by atoms with Gasteiger partial charge in [0.1, 0.15) is 6.26 Å². The predicted octanol–water partition coefficient (Wildman–Crippen LogP) is 1.11. The van der Waals surface area contributed by atoms with Crippen molar-refractivity contribution in [2.75, 3.05) is 20.8 Å². The van der Waals surface area contributed by atoms with Gasteiger partial charge in [-0.05, 0) is 13.1 Å². The molecule has 0 saturated heterocycles. The van der Waals surface area contributed by atoms with E-state index >= 15 is 0 Å². The molecule has 0 aliphatic heterocycles. The molecule has 0 amide bonds. The van der Waals surface area contributed by atoms with Crippen molar-refractivity contribution >= 4 is 0 Å². The van der Waals surface area contributed by atoms with Crippen LogP contribution < -0.4 is 5.32 Å². The van der Waals surface area contributed by atoms with Gasteiger partial charge >= 0.3 is 0 Å². The molecule has 1 atom stereocenters. The SMILES string of the molecule is CNC(COC)Cc1nc(-c2ccoc2)no1. The molecule has 92 valence electrons. The second kappa shape index (κ2) is 5.60. The Morgan fingerprint density at radius 2 is 2.41 bits per heavy atom. The van der Waals surface area contributed by atoms with Crippen molar-refractivity contribution in [3.63, 3.8) is 0 Å². The minimum atomic E-state index is 0.164. The van der Waals surface area contributed by atoms with E-state index in [0.29, 0.717) is 24.7 Å². The molecule has 2 aromatic heterocycles. The third-order valence-electron chi connectivity index (χ3n) is 2.44. The fourth-order valence-corrected chi connectivity index (χ4v) is 1.50. The van der Waals surface area contributed by atoms with Crippen molar-refractivity contribution in [1.82, 2.24) is 15.5 Å². The molecule has 0 saturated carbocycles. The van der Waals surface area contributed by atoms with Crippen LogP contribution in [0.4, 0.5) is 0 Å². The molecule has 17 heavy (non-hydrogen) atoms. The van der Waals surface area contributed by atoms with Gasteiger partial charge in [-0.15, -0.1) is 0 Å². The van der Waals surface area contributed by atoms with Gasteiger partial charge < -0.3 is 19.0 Å². The van der Waals surface area contributed by atoms with Crippen molar-refractivity contribution in [2.24, 2.45) is 0 Å². The lowest BCUT2D eigenvalue weighted by Gasteiger charge is -2.11. The first-order valence-corrected chi connectivity index (χ1v) is 5.35. The first-order valence-electron chi connectivity index (χ1n) is 5.35. The Morgan fingerprint density at radius 1 is 1.53 bits per heavy atom. The predicted molar refractivity (Wildman–Crippen MR) is 60.4 cm³/mol. The van der Waals surface area contributed by atoms with Gasteiger partial charge in [0.2, 0.25) is 11.7 Å². The summed E-state index contributed by atoms with van der Waals surface area (Å²) < 4.78 is 15.2. The van der Waals surface area contributed by atoms with Gasteiger partial charge in [-0.2, -0.15) is 4.98 Å². The van der Waals surface area contributed by atoms with E-state index in [9.17, 15) is 0 Å². The smallest absolute Gasteiger partial charge is 0.228 e. The van der Waals surface area contributed by atoms with Crippen LogP contribution in [-0.2, 0) is 11.2 Å². The largest absolute Gasteiger partial charge is 0.472 e. The zero-order chi connectivity index (χ0) is 12.1. The summed E-state index contributed by atoms with van der Waals surface area (Å²) in [5.74, 6) is 1.12. The molecule has 1 unspecified atom stereocenters. The second-order valence-corrected chi connectivity index (χ2v) is 3.67. The average Bonchev–Trinajstić information content (AvgIpc) is 2.98. The standard InChI is InChI=1S/C11H15N3O3/c1-12-9(7-15-2)5-10-13-11(14-17-10)8-3-4-16-6-8/h3-4,6,9,12H,5,7H2,1-2H3. The molecule has 0 radical (unpaired) electrons. The molecular weight excluding hydrogens is 222 g/mol. The Morgan fingerprint density at radius 3 is 3.06 bits per heavy atom. The number of ether oxygens (including phenoxy) is 1. The quantitative estimate of drug-likeness (QED) is 0.811. The molecule has 0 spiro atoms. The molecule has 0 aliphatic rings. The van der Waals surface area contributed by atoms with E-state index in [2.05, 4.69) is 15.5 Å². The fraction of sp³-hybridized carbons (Fsp3) is 0.455. The summed E-state index contributed by atoms with van der Waals surface area (Å²) in [6.07, 6.45) is 3.79. The van der Waals surface area contributed by atoms with Gasteiger partial charge in [-0.1, -0.05) is 5.16 Å². The summed E-state index contributed by atoms with van der Waals surface area (Å²) in [5.41, 5.74) is 0.813. The van der Waals surface area contributed by atoms with Crippen LogP contribution >= 0.6 is 0 Å². The molecule has 1 N–H and O–H groups in total. The van der Waals surface area contributed by atoms with Crippen LogP contribution in [0.15, 0.2) is 27.5 Å². The molecule has 2 aromatic rings. The fourth-order valence-electron chi connectivity index (χ4n) is 1.50. The Kier molecular flexibility index (Phi) is 3.89. The minimum Gasteiger partial charge on any atom is -0.472 e. The van der Waals surface area contributed by atoms with Gasteiger partial charge in [-0.3, -0.25) is 0 Å². The molecule has 2 rings (SSSR count). The Labute approximate surface area is 99.0 Å². The van der Waals surface area contributed by atoms with E-state index in [-0.39, 0.29) is 6.04 Å². The Hall–Kier alpha value is -1.66. The maximum Gasteiger partial charge on any atom is 0.228 e. The van der Waals surface area contributed by atoms with E-state index in [1.54, 1.807) is 25.7 Å². The Bertz CT molecular complexity index is 439. The molecular formula is C11H15N3O3. The van der Waals surface area contributed by atoms with Crippen molar-refractivity contribution in [3.05, 3.63) is 24.5 Å². The molecule has 0 aliphatic carbocycles. The van der Waals surface area contributed by atoms with Gasteiger partial charge in [0.05, 0.1) is 18.4 Å². The summed E-state index contributed by atoms with van der Waals surface area (Å²) in [7, 11) is 3.53. The van der Waals surface area contributed by atoms with Gasteiger partial charge in [0.15, 0.2) is 0 Å². The Balaban J connectivity index is 2.03. The lowest BCUT2D eigenvalue weighted by atomic mass is 10.2. The summed E-state index contributed by atoms with van der Waals surface area (Å²) >= 11 is 0. The van der Waals surface area contributed by atoms with E-state index in [1.807, 2.05) is 7.05 Å². The van der Waals surface area contributed by atoms with Crippen LogP contribution in [0.5, 0.6) is 0 Å². The van der Waals surface area contributed by atoms with Crippen LogP contribution in [0.1, 0.15) is 5.89 Å². The second-order valence-electron chi connectivity index (χ2n) is 3.67. The first-order chi connectivity index (χ1) is 8.33. The van der Waals surface area contributed by atoms with E-state index in [0.717, 1.165) is 5.56 Å². The van der Waals surface area contributed by atoms with Crippen molar-refractivity contribution in [3.8, 4) is 11.4 Å². The average molecular weight is 237 g/mol. The number of rotatable bonds is 6. The highest BCUT2D eigenvalue weighted by atomic mass is 16.5. The van der Waals surface area contributed by atoms with Crippen molar-refractivity contribution < 1.29 is 13.7 Å². The third-order valence-corrected chi connectivity index (χ3v) is 2.44. The van der Waals surface area contributed by atoms with Gasteiger partial charge in [0.25, 0.3) is 0 Å². The van der Waals surface area contributed by atoms with Crippen LogP contribution in [0.2, 0.25) is 0 Å². The maximum absolute atomic E-state index is 5.17. The first kappa shape index (κ1) is 11.8. The number of furan rings is 1. The summed E-state index contributed by atoms with van der Waals surface area (Å²) in [5, 5.41) is 7.02. The lowest BCUT2D eigenvalue weighted by Crippen LogP contribution is -2.32. The number of methoxy groups -OCH3 is 1. The summed E-state index contributed by atoms with van der Waals surface area (Å²) in [4.78, 5) is 4.29. The molecule has 6 heteroatoms. The van der Waals surface area contributed by atoms with Crippen LogP contribution in [-0.4, -0.2) is 36.9 Å². The number of nitrogens with zero attached hydrogens (tertiary/aromatic N) is 2. The van der Waals surface area contributed by atoms with Crippen LogP contribution in [0, 0.1) is 0 Å². The number of hydrogen-bond acceptors (Lipinski definition) is 6. The van der Waals surface area contributed by atoms with Crippen molar-refractivity contribution in [2.45, 2.75) is 12.5 Å². The third kappa shape index (κ3) is 2.92. The van der Waals surface area contributed by atoms with E-state index in [4.69, 9.17) is 13.7 Å². The van der Waals surface area contributed by atoms with Gasteiger partial charge in [-0.25, -0.2) is 0 Å². The molecule has 6 nitrogen and oxygen atoms in total. The highest BCUT2D eigenvalue weighted by Gasteiger charge is 2.14. The van der Waals surface area contributed by atoms with Crippen LogP contribution in [0.25, 0.3) is 11.4 Å². The molecule has 0 bridgehead atoms. The maximum atomic E-state index is 5.17. The number of nitrogens with one attached hydrogen (secondary N) is 1. The minimum absolute atomic E-state index is 0.164. The number of hydrogen-bond donors (Lipinski definition) is 1. The van der Waals surface area contributed by atoms with E-state index < -0.39 is 0 Å². The zero-order valence-electron chi connectivity index (χ0n) is 9.84. The monoisotopic (exact) mass is 237 g/mol. The summed E-state index contributed by atoms with van der Waals surface area (Å²) in [6, 6.07) is 1.96. The van der Waals surface area contributed by atoms with Gasteiger partial charge in [0, 0.05) is 19.6 Å². The number of aromatic nitrogens is 2. The molecule has 0 fully saturated rings. The summed E-state index contributed by atoms with van der Waals surface area (Å²) in [6.45, 7) is 0.597. The normalized spacial score (nSPS) is 12.8. The zero-order valence-corrected chi connectivity index (χ0v) is 9.84. The topological polar surface area (TPSA) is 73.3 Å². The number of likely N-dealkylation sites (N-methyl/N-ethyl adjacent to an activating group) is 1. The van der Waals surface area contributed by atoms with E-state index in [1.165, 1.54) is 0 Å². The van der Waals surface area contributed by atoms with Crippen LogP contribution in [0.3, 0.4) is 0 Å². The van der Waals surface area contributed by atoms with Crippen molar-refractivity contribution in [1.29, 1.82) is 0 Å². The lowest BCUT2D eigenvalue weighted by molar-refractivity contribution is 0.165. The highest BCUT2D eigenvalue weighted by molar-refractivity contribution is 5.51. The highest BCUT2D eigenvalue weighted by Crippen LogP contribution is 2.16. The molecule has 0 aromatic carbocycles.